The molecule has 0 rings (SSSR count). The van der Waals surface area contributed by atoms with E-state index in [-0.39, 0.29) is 25.7 Å². The predicted octanol–water partition coefficient (Wildman–Crippen LogP) is 15.8. The molecule has 0 aromatic heterocycles. The van der Waals surface area contributed by atoms with Crippen molar-refractivity contribution < 1.29 is 80.2 Å². The summed E-state index contributed by atoms with van der Waals surface area (Å²) in [5.74, 6) is -1.48. The van der Waals surface area contributed by atoms with Gasteiger partial charge in [-0.1, -0.05) is 240 Å². The van der Waals surface area contributed by atoms with Crippen LogP contribution in [0.5, 0.6) is 0 Å². The second-order valence-electron chi connectivity index (χ2n) is 21.9. The Hall–Kier alpha value is -1.94. The Kier molecular flexibility index (Phi) is 51.8. The molecule has 0 heterocycles. The van der Waals surface area contributed by atoms with Crippen LogP contribution in [0.4, 0.5) is 0 Å². The molecule has 0 aliphatic carbocycles. The number of esters is 4. The van der Waals surface area contributed by atoms with E-state index in [1.165, 1.54) is 109 Å². The lowest BCUT2D eigenvalue weighted by Crippen LogP contribution is -2.30. The fourth-order valence-corrected chi connectivity index (χ4v) is 10.3. The molecule has 17 nitrogen and oxygen atoms in total. The average molecular weight is 1160 g/mol. The SMILES string of the molecule is CCCCCCCCCCCCCCC(=O)OC[C@H](COP(=O)(O)OC[C@@H](O)COP(=O)(O)OC[C@@H](COC(=O)CCCCCCC)OC(=O)CCCCCCCCC(C)C)OC(=O)CCCCCCCCCCCCCC. The van der Waals surface area contributed by atoms with E-state index in [0.717, 1.165) is 96.3 Å². The van der Waals surface area contributed by atoms with Crippen LogP contribution in [0.1, 0.15) is 291 Å². The van der Waals surface area contributed by atoms with E-state index in [4.69, 9.17) is 37.0 Å². The van der Waals surface area contributed by atoms with Gasteiger partial charge in [-0.05, 0) is 31.6 Å². The highest BCUT2D eigenvalue weighted by atomic mass is 31.2. The number of phosphoric ester groups is 2. The van der Waals surface area contributed by atoms with Gasteiger partial charge in [0, 0.05) is 25.7 Å². The molecule has 0 aromatic carbocycles. The molecule has 0 amide bonds. The van der Waals surface area contributed by atoms with Crippen LogP contribution in [0.3, 0.4) is 0 Å². The topological polar surface area (TPSA) is 237 Å². The Morgan fingerprint density at radius 3 is 0.872 bits per heavy atom. The molecule has 0 saturated carbocycles. The third-order valence-electron chi connectivity index (χ3n) is 13.5. The van der Waals surface area contributed by atoms with E-state index in [0.29, 0.717) is 31.6 Å². The van der Waals surface area contributed by atoms with Crippen molar-refractivity contribution in [3.63, 3.8) is 0 Å². The fourth-order valence-electron chi connectivity index (χ4n) is 8.70. The van der Waals surface area contributed by atoms with Gasteiger partial charge < -0.3 is 33.8 Å². The van der Waals surface area contributed by atoms with Crippen molar-refractivity contribution in [2.24, 2.45) is 5.92 Å². The molecule has 0 radical (unpaired) electrons. The Morgan fingerprint density at radius 1 is 0.346 bits per heavy atom. The van der Waals surface area contributed by atoms with Crippen LogP contribution >= 0.6 is 15.6 Å². The van der Waals surface area contributed by atoms with Gasteiger partial charge in [0.25, 0.3) is 0 Å². The first-order valence-corrected chi connectivity index (χ1v) is 34.1. The minimum atomic E-state index is -4.94. The van der Waals surface area contributed by atoms with Crippen LogP contribution < -0.4 is 0 Å². The average Bonchev–Trinajstić information content (AvgIpc) is 3.40. The number of phosphoric acid groups is 2. The third-order valence-corrected chi connectivity index (χ3v) is 15.4. The zero-order chi connectivity index (χ0) is 57.8. The summed E-state index contributed by atoms with van der Waals surface area (Å²) in [4.78, 5) is 71.7. The molecule has 0 aromatic rings. The van der Waals surface area contributed by atoms with E-state index >= 15 is 0 Å². The van der Waals surface area contributed by atoms with E-state index in [1.807, 2.05) is 0 Å². The molecule has 3 N–H and O–H groups in total. The summed E-state index contributed by atoms with van der Waals surface area (Å²) in [5, 5.41) is 10.5. The van der Waals surface area contributed by atoms with Crippen molar-refractivity contribution >= 4 is 39.5 Å². The lowest BCUT2D eigenvalue weighted by atomic mass is 10.0. The number of hydrogen-bond donors (Lipinski definition) is 3. The first-order valence-electron chi connectivity index (χ1n) is 31.1. The molecule has 5 atom stereocenters. The molecule has 462 valence electrons. The van der Waals surface area contributed by atoms with Crippen LogP contribution in [0, 0.1) is 5.92 Å². The number of rotatable bonds is 59. The maximum atomic E-state index is 12.9. The number of hydrogen-bond acceptors (Lipinski definition) is 15. The summed E-state index contributed by atoms with van der Waals surface area (Å²) < 4.78 is 67.6. The Bertz CT molecular complexity index is 1530. The zero-order valence-corrected chi connectivity index (χ0v) is 51.6. The van der Waals surface area contributed by atoms with Gasteiger partial charge in [-0.3, -0.25) is 37.3 Å². The molecule has 0 saturated heterocycles. The van der Waals surface area contributed by atoms with Crippen LogP contribution in [0.15, 0.2) is 0 Å². The molecule has 0 aliphatic rings. The van der Waals surface area contributed by atoms with Crippen LogP contribution in [-0.4, -0.2) is 96.7 Å². The predicted molar refractivity (Wildman–Crippen MR) is 308 cm³/mol. The van der Waals surface area contributed by atoms with Crippen molar-refractivity contribution in [3.05, 3.63) is 0 Å². The molecule has 0 fully saturated rings. The van der Waals surface area contributed by atoms with Crippen molar-refractivity contribution in [2.45, 2.75) is 310 Å². The van der Waals surface area contributed by atoms with Crippen LogP contribution in [0.2, 0.25) is 0 Å². The normalized spacial score (nSPS) is 14.4. The first kappa shape index (κ1) is 76.1. The highest BCUT2D eigenvalue weighted by Crippen LogP contribution is 2.45. The van der Waals surface area contributed by atoms with Crippen LogP contribution in [-0.2, 0) is 65.4 Å². The molecular weight excluding hydrogens is 1040 g/mol. The number of ether oxygens (including phenoxy) is 4. The quantitative estimate of drug-likeness (QED) is 0.0222. The summed E-state index contributed by atoms with van der Waals surface area (Å²) in [5.41, 5.74) is 0. The van der Waals surface area contributed by atoms with Gasteiger partial charge in [0.1, 0.15) is 19.3 Å². The number of unbranched alkanes of at least 4 members (excludes halogenated alkanes) is 31. The smallest absolute Gasteiger partial charge is 0.462 e. The van der Waals surface area contributed by atoms with Crippen molar-refractivity contribution in [3.8, 4) is 0 Å². The molecule has 0 aliphatic heterocycles. The molecule has 0 spiro atoms. The Morgan fingerprint density at radius 2 is 0.590 bits per heavy atom. The van der Waals surface area contributed by atoms with Gasteiger partial charge >= 0.3 is 39.5 Å². The summed E-state index contributed by atoms with van der Waals surface area (Å²) in [6.07, 6.45) is 35.3. The van der Waals surface area contributed by atoms with Gasteiger partial charge in [0.05, 0.1) is 26.4 Å². The van der Waals surface area contributed by atoms with Gasteiger partial charge in [-0.2, -0.15) is 0 Å². The number of carbonyl (C=O) groups is 4. The largest absolute Gasteiger partial charge is 0.472 e. The highest BCUT2D eigenvalue weighted by Gasteiger charge is 2.30. The van der Waals surface area contributed by atoms with Crippen molar-refractivity contribution in [1.82, 2.24) is 0 Å². The van der Waals surface area contributed by atoms with Gasteiger partial charge in [0.15, 0.2) is 12.2 Å². The lowest BCUT2D eigenvalue weighted by molar-refractivity contribution is -0.161. The molecule has 0 bridgehead atoms. The third kappa shape index (κ3) is 53.4. The molecule has 78 heavy (non-hydrogen) atoms. The molecular formula is C59H114O17P2. The second-order valence-corrected chi connectivity index (χ2v) is 24.8. The van der Waals surface area contributed by atoms with Crippen molar-refractivity contribution in [1.29, 1.82) is 0 Å². The summed E-state index contributed by atoms with van der Waals surface area (Å²) in [7, 11) is -9.87. The minimum Gasteiger partial charge on any atom is -0.462 e. The van der Waals surface area contributed by atoms with E-state index in [9.17, 15) is 43.2 Å². The highest BCUT2D eigenvalue weighted by molar-refractivity contribution is 7.47. The van der Waals surface area contributed by atoms with Crippen molar-refractivity contribution in [2.75, 3.05) is 39.6 Å². The first-order chi connectivity index (χ1) is 37.5. The number of aliphatic hydroxyl groups excluding tert-OH is 1. The summed E-state index contributed by atoms with van der Waals surface area (Å²) in [6.45, 7) is 6.97. The zero-order valence-electron chi connectivity index (χ0n) is 49.8. The van der Waals surface area contributed by atoms with Gasteiger partial charge in [-0.15, -0.1) is 0 Å². The van der Waals surface area contributed by atoms with E-state index in [2.05, 4.69) is 34.6 Å². The van der Waals surface area contributed by atoms with E-state index in [1.54, 1.807) is 0 Å². The Balaban J connectivity index is 5.18. The standard InChI is InChI=1S/C59H114O17P2/c1-6-9-12-15-17-19-21-23-25-27-33-38-43-57(62)70-49-55(75-58(63)44-39-34-28-26-24-22-20-18-16-13-10-7-2)51-74-78(67,68)72-47-53(60)46-71-77(65,66)73-50-54(48-69-56(61)42-37-31-14-11-8-3)76-59(64)45-40-35-30-29-32-36-41-52(4)5/h52-55,60H,6-51H2,1-5H3,(H,65,66)(H,67,68)/t53-,54+,55+/m0/s1. The lowest BCUT2D eigenvalue weighted by Gasteiger charge is -2.21. The minimum absolute atomic E-state index is 0.101. The van der Waals surface area contributed by atoms with Gasteiger partial charge in [0.2, 0.25) is 0 Å². The second kappa shape index (κ2) is 53.1. The maximum Gasteiger partial charge on any atom is 0.472 e. The van der Waals surface area contributed by atoms with Crippen LogP contribution in [0.25, 0.3) is 0 Å². The summed E-state index contributed by atoms with van der Waals surface area (Å²) in [6, 6.07) is 0. The molecule has 19 heteroatoms. The Labute approximate surface area is 473 Å². The summed E-state index contributed by atoms with van der Waals surface area (Å²) >= 11 is 0. The number of carbonyl (C=O) groups excluding carboxylic acids is 4. The number of aliphatic hydroxyl groups is 1. The van der Waals surface area contributed by atoms with Gasteiger partial charge in [-0.25, -0.2) is 9.13 Å². The monoisotopic (exact) mass is 1160 g/mol. The fraction of sp³-hybridized carbons (Fsp3) is 0.932. The van der Waals surface area contributed by atoms with E-state index < -0.39 is 97.5 Å². The maximum absolute atomic E-state index is 12.9. The molecule has 2 unspecified atom stereocenters.